The van der Waals surface area contributed by atoms with Crippen LogP contribution in [-0.4, -0.2) is 78.0 Å². The Kier molecular flexibility index (Phi) is 7.54. The van der Waals surface area contributed by atoms with Crippen molar-refractivity contribution in [2.24, 2.45) is 0 Å². The number of carbonyl (C=O) groups excluding carboxylic acids is 2. The largest absolute Gasteiger partial charge is 0.493 e. The number of aromatic nitrogens is 2. The van der Waals surface area contributed by atoms with Gasteiger partial charge in [-0.1, -0.05) is 35.9 Å². The van der Waals surface area contributed by atoms with Crippen LogP contribution in [0.1, 0.15) is 44.9 Å². The molecule has 3 heterocycles. The summed E-state index contributed by atoms with van der Waals surface area (Å²) >= 11 is 6.52. The van der Waals surface area contributed by atoms with Crippen molar-refractivity contribution in [1.82, 2.24) is 19.6 Å². The lowest BCUT2D eigenvalue weighted by molar-refractivity contribution is -0.173. The van der Waals surface area contributed by atoms with Crippen LogP contribution >= 0.6 is 11.6 Å². The molecule has 2 aliphatic rings. The van der Waals surface area contributed by atoms with E-state index in [4.69, 9.17) is 21.1 Å². The average molecular weight is 578 g/mol. The molecule has 2 aromatic carbocycles. The number of nitrogens with zero attached hydrogens (tertiary/aromatic N) is 4. The van der Waals surface area contributed by atoms with Gasteiger partial charge in [-0.05, 0) is 29.8 Å². The molecule has 2 amide bonds. The molecule has 212 valence electrons. The van der Waals surface area contributed by atoms with Crippen molar-refractivity contribution in [2.75, 3.05) is 45.7 Å². The van der Waals surface area contributed by atoms with Crippen molar-refractivity contribution in [3.63, 3.8) is 0 Å². The van der Waals surface area contributed by atoms with Crippen molar-refractivity contribution >= 4 is 29.2 Å². The maximum atomic E-state index is 14.2. The van der Waals surface area contributed by atoms with Crippen molar-refractivity contribution in [3.05, 3.63) is 70.4 Å². The molecule has 5 rings (SSSR count). The molecule has 1 fully saturated rings. The number of ether oxygens (including phenoxy) is 2. The number of alkyl halides is 3. The van der Waals surface area contributed by atoms with Crippen LogP contribution in [0.5, 0.6) is 11.5 Å². The molecule has 0 bridgehead atoms. The first kappa shape index (κ1) is 27.6. The van der Waals surface area contributed by atoms with Gasteiger partial charge in [0.25, 0.3) is 11.8 Å². The highest BCUT2D eigenvalue weighted by Gasteiger charge is 2.48. The molecule has 3 aromatic rings. The van der Waals surface area contributed by atoms with Crippen LogP contribution in [0, 0.1) is 0 Å². The van der Waals surface area contributed by atoms with Gasteiger partial charge in [0.1, 0.15) is 10.8 Å². The number of methoxy groups -OCH3 is 2. The number of halogens is 4. The smallest absolute Gasteiger partial charge is 0.410 e. The monoisotopic (exact) mass is 577 g/mol. The first-order valence-electron chi connectivity index (χ1n) is 12.6. The zero-order valence-corrected chi connectivity index (χ0v) is 22.5. The van der Waals surface area contributed by atoms with E-state index in [1.165, 1.54) is 19.1 Å². The first-order chi connectivity index (χ1) is 19.1. The van der Waals surface area contributed by atoms with Crippen molar-refractivity contribution < 1.29 is 32.2 Å². The Labute approximate surface area is 233 Å². The third-order valence-corrected chi connectivity index (χ3v) is 7.54. The molecule has 2 atom stereocenters. The zero-order valence-electron chi connectivity index (χ0n) is 21.7. The fourth-order valence-electron chi connectivity index (χ4n) is 5.04. The number of carbonyl (C=O) groups is 2. The molecule has 0 radical (unpaired) electrons. The summed E-state index contributed by atoms with van der Waals surface area (Å²) in [6.45, 7) is 0.936. The van der Waals surface area contributed by atoms with Crippen molar-refractivity contribution in [1.29, 1.82) is 0 Å². The summed E-state index contributed by atoms with van der Waals surface area (Å²) < 4.78 is 54.0. The number of hydrogen-bond donors (Lipinski definition) is 1. The van der Waals surface area contributed by atoms with Crippen LogP contribution in [0.3, 0.4) is 0 Å². The van der Waals surface area contributed by atoms with Gasteiger partial charge in [-0.15, -0.1) is 0 Å². The van der Waals surface area contributed by atoms with Crippen LogP contribution in [0.25, 0.3) is 0 Å². The maximum absolute atomic E-state index is 14.2. The molecule has 0 saturated carbocycles. The van der Waals surface area contributed by atoms with Crippen molar-refractivity contribution in [2.45, 2.75) is 24.7 Å². The van der Waals surface area contributed by atoms with Crippen LogP contribution in [0.2, 0.25) is 5.02 Å². The molecule has 2 aliphatic heterocycles. The molecule has 40 heavy (non-hydrogen) atoms. The van der Waals surface area contributed by atoms with E-state index < -0.39 is 24.2 Å². The van der Waals surface area contributed by atoms with Crippen LogP contribution in [0.4, 0.5) is 19.0 Å². The molecular formula is C27H27ClF3N5O4. The van der Waals surface area contributed by atoms with E-state index in [9.17, 15) is 22.8 Å². The predicted molar refractivity (Wildman–Crippen MR) is 141 cm³/mol. The highest BCUT2D eigenvalue weighted by molar-refractivity contribution is 6.36. The van der Waals surface area contributed by atoms with Crippen molar-refractivity contribution in [3.8, 4) is 11.5 Å². The van der Waals surface area contributed by atoms with Gasteiger partial charge in [0.2, 0.25) is 0 Å². The Morgan fingerprint density at radius 1 is 0.950 bits per heavy atom. The van der Waals surface area contributed by atoms with Gasteiger partial charge in [-0.3, -0.25) is 9.59 Å². The zero-order chi connectivity index (χ0) is 28.6. The molecule has 1 N–H and O–H groups in total. The molecular weight excluding hydrogens is 551 g/mol. The van der Waals surface area contributed by atoms with Gasteiger partial charge in [0.15, 0.2) is 23.2 Å². The minimum Gasteiger partial charge on any atom is -0.493 e. The lowest BCUT2D eigenvalue weighted by Crippen LogP contribution is -2.50. The summed E-state index contributed by atoms with van der Waals surface area (Å²) in [5, 5.41) is 6.90. The lowest BCUT2D eigenvalue weighted by atomic mass is 9.96. The van der Waals surface area contributed by atoms with Gasteiger partial charge in [0, 0.05) is 38.2 Å². The average Bonchev–Trinajstić information content (AvgIpc) is 3.31. The van der Waals surface area contributed by atoms with Gasteiger partial charge < -0.3 is 24.6 Å². The Balaban J connectivity index is 1.38. The summed E-state index contributed by atoms with van der Waals surface area (Å²) in [6.07, 6.45) is -5.03. The maximum Gasteiger partial charge on any atom is 0.410 e. The minimum absolute atomic E-state index is 0.0868. The molecule has 2 unspecified atom stereocenters. The fourth-order valence-corrected chi connectivity index (χ4v) is 5.30. The summed E-state index contributed by atoms with van der Waals surface area (Å²) in [6, 6.07) is 10.9. The van der Waals surface area contributed by atoms with E-state index in [1.807, 2.05) is 6.07 Å². The Bertz CT molecular complexity index is 1410. The number of piperazine rings is 1. The summed E-state index contributed by atoms with van der Waals surface area (Å²) in [4.78, 5) is 29.2. The van der Waals surface area contributed by atoms with E-state index >= 15 is 0 Å². The van der Waals surface area contributed by atoms with E-state index in [1.54, 1.807) is 47.4 Å². The summed E-state index contributed by atoms with van der Waals surface area (Å²) in [7, 11) is 2.91. The number of fused-ring (bicyclic) bond motifs is 1. The van der Waals surface area contributed by atoms with Gasteiger partial charge in [-0.25, -0.2) is 4.68 Å². The molecule has 0 spiro atoms. The Morgan fingerprint density at radius 3 is 2.17 bits per heavy atom. The molecule has 0 aliphatic carbocycles. The highest BCUT2D eigenvalue weighted by Crippen LogP contribution is 2.47. The van der Waals surface area contributed by atoms with Crippen LogP contribution in [-0.2, 0) is 0 Å². The number of amides is 2. The van der Waals surface area contributed by atoms with Gasteiger partial charge in [-0.2, -0.15) is 18.3 Å². The Morgan fingerprint density at radius 2 is 1.57 bits per heavy atom. The summed E-state index contributed by atoms with van der Waals surface area (Å²) in [5.74, 6) is -0.0192. The van der Waals surface area contributed by atoms with E-state index in [-0.39, 0.29) is 55.0 Å². The molecule has 9 nitrogen and oxygen atoms in total. The van der Waals surface area contributed by atoms with Gasteiger partial charge in [0.05, 0.1) is 20.3 Å². The second-order valence-corrected chi connectivity index (χ2v) is 9.89. The van der Waals surface area contributed by atoms with Gasteiger partial charge >= 0.3 is 6.18 Å². The normalized spacial score (nSPS) is 19.1. The molecule has 1 aromatic heterocycles. The minimum atomic E-state index is -4.65. The number of anilines is 1. The Hall–Kier alpha value is -3.93. The standard InChI is InChI=1S/C27H27ClF3N5O4/c1-39-19-9-8-17(14-20(19)40-2)18-15-21(27(29,30)31)36-24(32-18)22(28)23(33-36)26(38)35-12-10-34(11-13-35)25(37)16-6-4-3-5-7-16/h3-9,14,18,21,32H,10-13,15H2,1-2H3. The fraction of sp³-hybridized carbons (Fsp3) is 0.370. The quantitative estimate of drug-likeness (QED) is 0.468. The lowest BCUT2D eigenvalue weighted by Gasteiger charge is -2.34. The highest BCUT2D eigenvalue weighted by atomic mass is 35.5. The van der Waals surface area contributed by atoms with Crippen LogP contribution < -0.4 is 14.8 Å². The van der Waals surface area contributed by atoms with Crippen LogP contribution in [0.15, 0.2) is 48.5 Å². The number of benzene rings is 2. The van der Waals surface area contributed by atoms with E-state index in [0.717, 1.165) is 4.68 Å². The third-order valence-electron chi connectivity index (χ3n) is 7.18. The van der Waals surface area contributed by atoms with E-state index in [0.29, 0.717) is 22.6 Å². The second-order valence-electron chi connectivity index (χ2n) is 9.51. The SMILES string of the molecule is COc1ccc(C2CC(C(F)(F)F)n3nc(C(=O)N4CCN(C(=O)c5ccccc5)CC4)c(Cl)c3N2)cc1OC. The molecule has 1 saturated heterocycles. The number of hydrogen-bond acceptors (Lipinski definition) is 6. The number of rotatable bonds is 5. The second kappa shape index (κ2) is 10.9. The third kappa shape index (κ3) is 5.15. The summed E-state index contributed by atoms with van der Waals surface area (Å²) in [5.41, 5.74) is 0.803. The number of nitrogens with one attached hydrogen (secondary N) is 1. The molecule has 13 heteroatoms. The topological polar surface area (TPSA) is 88.9 Å². The van der Waals surface area contributed by atoms with E-state index in [2.05, 4.69) is 10.4 Å². The first-order valence-corrected chi connectivity index (χ1v) is 13.0. The predicted octanol–water partition coefficient (Wildman–Crippen LogP) is 4.81.